The number of rotatable bonds is 1. The second-order valence-corrected chi connectivity index (χ2v) is 6.30. The van der Waals surface area contributed by atoms with Gasteiger partial charge in [0, 0.05) is 24.4 Å². The van der Waals surface area contributed by atoms with E-state index in [1.165, 1.54) is 17.0 Å². The van der Waals surface area contributed by atoms with E-state index in [-0.39, 0.29) is 11.9 Å². The zero-order valence-electron chi connectivity index (χ0n) is 12.2. The third kappa shape index (κ3) is 2.29. The van der Waals surface area contributed by atoms with Crippen molar-refractivity contribution >= 4 is 34.8 Å². The lowest BCUT2D eigenvalue weighted by atomic mass is 10.0. The van der Waals surface area contributed by atoms with Gasteiger partial charge in [0.05, 0.1) is 22.3 Å². The summed E-state index contributed by atoms with van der Waals surface area (Å²) < 4.78 is 7.01. The van der Waals surface area contributed by atoms with E-state index in [1.54, 1.807) is 17.2 Å². The number of hydrogen-bond acceptors (Lipinski definition) is 4. The lowest BCUT2D eigenvalue weighted by molar-refractivity contribution is 0.0646. The van der Waals surface area contributed by atoms with Crippen LogP contribution in [0.25, 0.3) is 5.65 Å². The number of amides is 1. The van der Waals surface area contributed by atoms with Gasteiger partial charge in [-0.15, -0.1) is 0 Å². The van der Waals surface area contributed by atoms with Crippen molar-refractivity contribution in [2.24, 2.45) is 0 Å². The summed E-state index contributed by atoms with van der Waals surface area (Å²) in [6, 6.07) is 1.45. The molecule has 1 unspecified atom stereocenters. The Morgan fingerprint density at radius 1 is 1.43 bits per heavy atom. The summed E-state index contributed by atoms with van der Waals surface area (Å²) in [4.78, 5) is 18.7. The van der Waals surface area contributed by atoms with Crippen molar-refractivity contribution in [2.75, 3.05) is 6.54 Å². The van der Waals surface area contributed by atoms with Crippen molar-refractivity contribution in [1.82, 2.24) is 19.5 Å². The van der Waals surface area contributed by atoms with Crippen LogP contribution in [-0.2, 0) is 6.42 Å². The molecular weight excluding hydrogens is 339 g/mol. The topological polar surface area (TPSA) is 63.6 Å². The van der Waals surface area contributed by atoms with E-state index < -0.39 is 0 Å². The molecule has 4 heterocycles. The summed E-state index contributed by atoms with van der Waals surface area (Å²) in [5.74, 6) is 0.567. The molecule has 3 aromatic rings. The quantitative estimate of drug-likeness (QED) is 0.674. The lowest BCUT2D eigenvalue weighted by Gasteiger charge is -2.31. The van der Waals surface area contributed by atoms with Crippen molar-refractivity contribution in [2.45, 2.75) is 19.4 Å². The van der Waals surface area contributed by atoms with E-state index >= 15 is 0 Å². The van der Waals surface area contributed by atoms with Gasteiger partial charge < -0.3 is 9.32 Å². The molecule has 0 aliphatic carbocycles. The smallest absolute Gasteiger partial charge is 0.275 e. The maximum atomic E-state index is 12.8. The third-order valence-electron chi connectivity index (χ3n) is 4.09. The number of halogens is 2. The van der Waals surface area contributed by atoms with Crippen LogP contribution in [0.3, 0.4) is 0 Å². The highest BCUT2D eigenvalue weighted by atomic mass is 35.5. The maximum Gasteiger partial charge on any atom is 0.275 e. The molecule has 0 N–H and O–H groups in total. The van der Waals surface area contributed by atoms with Crippen LogP contribution in [0.1, 0.15) is 34.8 Å². The Morgan fingerprint density at radius 3 is 3.09 bits per heavy atom. The molecule has 1 aliphatic heterocycles. The fraction of sp³-hybridized carbons (Fsp3) is 0.267. The first-order valence-corrected chi connectivity index (χ1v) is 7.88. The zero-order valence-corrected chi connectivity index (χ0v) is 13.7. The Bertz CT molecular complexity index is 917. The number of furan rings is 1. The van der Waals surface area contributed by atoms with Gasteiger partial charge in [-0.1, -0.05) is 23.2 Å². The van der Waals surface area contributed by atoms with Crippen LogP contribution < -0.4 is 0 Å². The monoisotopic (exact) mass is 350 g/mol. The Kier molecular flexibility index (Phi) is 3.32. The average molecular weight is 351 g/mol. The van der Waals surface area contributed by atoms with E-state index in [9.17, 15) is 4.79 Å². The highest BCUT2D eigenvalue weighted by molar-refractivity contribution is 6.31. The summed E-state index contributed by atoms with van der Waals surface area (Å²) in [5, 5.41) is 5.34. The van der Waals surface area contributed by atoms with E-state index in [2.05, 4.69) is 10.1 Å². The molecule has 118 valence electrons. The van der Waals surface area contributed by atoms with Crippen LogP contribution >= 0.6 is 23.2 Å². The van der Waals surface area contributed by atoms with Crippen molar-refractivity contribution in [3.8, 4) is 0 Å². The largest absolute Gasteiger partial charge is 0.465 e. The van der Waals surface area contributed by atoms with Gasteiger partial charge in [0.2, 0.25) is 0 Å². The van der Waals surface area contributed by atoms with E-state index in [0.717, 1.165) is 11.3 Å². The number of nitrogens with zero attached hydrogens (tertiary/aromatic N) is 4. The Hall–Kier alpha value is -2.05. The molecule has 0 radical (unpaired) electrons. The molecule has 6 nitrogen and oxygen atoms in total. The van der Waals surface area contributed by atoms with Crippen molar-refractivity contribution in [3.05, 3.63) is 51.8 Å². The minimum atomic E-state index is -0.194. The summed E-state index contributed by atoms with van der Waals surface area (Å²) in [6.07, 6.45) is 5.32. The molecule has 0 fully saturated rings. The number of hydrogen-bond donors (Lipinski definition) is 0. The highest BCUT2D eigenvalue weighted by Crippen LogP contribution is 2.35. The second kappa shape index (κ2) is 5.25. The van der Waals surface area contributed by atoms with Crippen LogP contribution in [0.15, 0.2) is 29.1 Å². The summed E-state index contributed by atoms with van der Waals surface area (Å²) in [6.45, 7) is 2.48. The fourth-order valence-electron chi connectivity index (χ4n) is 2.92. The van der Waals surface area contributed by atoms with E-state index in [1.807, 2.05) is 6.92 Å². The Balaban J connectivity index is 1.68. The number of carbonyl (C=O) groups excluding carboxylic acids is 1. The van der Waals surface area contributed by atoms with Gasteiger partial charge in [-0.3, -0.25) is 4.79 Å². The fourth-order valence-corrected chi connectivity index (χ4v) is 3.29. The predicted octanol–water partition coefficient (Wildman–Crippen LogP) is 3.39. The second-order valence-electron chi connectivity index (χ2n) is 5.46. The molecule has 0 saturated heterocycles. The molecule has 0 spiro atoms. The van der Waals surface area contributed by atoms with Gasteiger partial charge in [0.1, 0.15) is 12.0 Å². The molecule has 8 heteroatoms. The van der Waals surface area contributed by atoms with Gasteiger partial charge >= 0.3 is 0 Å². The van der Waals surface area contributed by atoms with Crippen molar-refractivity contribution in [3.63, 3.8) is 0 Å². The van der Waals surface area contributed by atoms with Crippen LogP contribution in [0.5, 0.6) is 0 Å². The normalized spacial score (nSPS) is 17.5. The first-order chi connectivity index (χ1) is 11.0. The molecular formula is C15H12Cl2N4O2. The molecule has 1 aliphatic rings. The van der Waals surface area contributed by atoms with E-state index in [0.29, 0.717) is 34.4 Å². The molecule has 3 aromatic heterocycles. The summed E-state index contributed by atoms with van der Waals surface area (Å²) in [5.41, 5.74) is 1.88. The van der Waals surface area contributed by atoms with Gasteiger partial charge in [0.25, 0.3) is 5.91 Å². The minimum absolute atomic E-state index is 0.169. The number of fused-ring (bicyclic) bond motifs is 2. The average Bonchev–Trinajstić information content (AvgIpc) is 3.11. The predicted molar refractivity (Wildman–Crippen MR) is 84.9 cm³/mol. The zero-order chi connectivity index (χ0) is 16.1. The Morgan fingerprint density at radius 2 is 2.26 bits per heavy atom. The SMILES string of the molecule is CC1c2occ(Cl)c2CCN1C(=O)c1cc2ncc(Cl)cn2n1. The summed E-state index contributed by atoms with van der Waals surface area (Å²) >= 11 is 12.0. The Labute approximate surface area is 141 Å². The minimum Gasteiger partial charge on any atom is -0.465 e. The van der Waals surface area contributed by atoms with Gasteiger partial charge in [-0.05, 0) is 13.3 Å². The van der Waals surface area contributed by atoms with Crippen molar-refractivity contribution in [1.29, 1.82) is 0 Å². The summed E-state index contributed by atoms with van der Waals surface area (Å²) in [7, 11) is 0. The molecule has 0 aromatic carbocycles. The number of aromatic nitrogens is 3. The lowest BCUT2D eigenvalue weighted by Crippen LogP contribution is -2.38. The van der Waals surface area contributed by atoms with Gasteiger partial charge in [-0.25, -0.2) is 9.50 Å². The van der Waals surface area contributed by atoms with Crippen LogP contribution in [-0.4, -0.2) is 31.9 Å². The van der Waals surface area contributed by atoms with E-state index in [4.69, 9.17) is 27.6 Å². The number of carbonyl (C=O) groups is 1. The van der Waals surface area contributed by atoms with Crippen LogP contribution in [0.4, 0.5) is 0 Å². The molecule has 1 amide bonds. The van der Waals surface area contributed by atoms with Gasteiger partial charge in [0.15, 0.2) is 11.3 Å². The molecule has 0 bridgehead atoms. The standard InChI is InChI=1S/C15H12Cl2N4O2/c1-8-14-10(11(17)7-23-14)2-3-20(8)15(22)12-4-13-18-5-9(16)6-21(13)19-12/h4-8H,2-3H2,1H3. The molecule has 0 saturated carbocycles. The van der Waals surface area contributed by atoms with Crippen LogP contribution in [0.2, 0.25) is 10.0 Å². The molecule has 23 heavy (non-hydrogen) atoms. The molecule has 4 rings (SSSR count). The third-order valence-corrected chi connectivity index (χ3v) is 4.60. The van der Waals surface area contributed by atoms with Crippen LogP contribution in [0, 0.1) is 0 Å². The maximum absolute atomic E-state index is 12.8. The first kappa shape index (κ1) is 14.5. The van der Waals surface area contributed by atoms with Gasteiger partial charge in [-0.2, -0.15) is 5.10 Å². The highest BCUT2D eigenvalue weighted by Gasteiger charge is 2.33. The van der Waals surface area contributed by atoms with Crippen molar-refractivity contribution < 1.29 is 9.21 Å². The first-order valence-electron chi connectivity index (χ1n) is 7.12. The molecule has 1 atom stereocenters.